The molecule has 3 aromatic rings. The maximum atomic E-state index is 11.2. The van der Waals surface area contributed by atoms with E-state index in [-0.39, 0.29) is 23.4 Å². The zero-order valence-corrected chi connectivity index (χ0v) is 20.7. The van der Waals surface area contributed by atoms with Crippen LogP contribution >= 0.6 is 0 Å². The van der Waals surface area contributed by atoms with Crippen molar-refractivity contribution in [3.63, 3.8) is 0 Å². The summed E-state index contributed by atoms with van der Waals surface area (Å²) in [7, 11) is 1.60. The first kappa shape index (κ1) is 24.6. The molecule has 0 unspecified atom stereocenters. The molecular weight excluding hydrogens is 446 g/mol. The zero-order valence-electron chi connectivity index (χ0n) is 20.7. The second kappa shape index (κ2) is 9.60. The number of nitrogens with zero attached hydrogens (tertiary/aromatic N) is 2. The number of aryl methyl sites for hydroxylation is 1. The van der Waals surface area contributed by atoms with E-state index in [1.165, 1.54) is 0 Å². The number of methoxy groups -OCH3 is 1. The predicted molar refractivity (Wildman–Crippen MR) is 135 cm³/mol. The first-order valence-electron chi connectivity index (χ1n) is 12.0. The number of carbonyl (C=O) groups is 2. The average Bonchev–Trinajstić information content (AvgIpc) is 3.12. The molecular formula is C27H33N3O5. The van der Waals surface area contributed by atoms with E-state index in [1.807, 2.05) is 12.1 Å². The van der Waals surface area contributed by atoms with Crippen LogP contribution in [-0.2, 0) is 11.2 Å². The first-order chi connectivity index (χ1) is 16.6. The fraction of sp³-hybridized carbons (Fsp3) is 0.444. The van der Waals surface area contributed by atoms with Gasteiger partial charge in [-0.15, -0.1) is 0 Å². The van der Waals surface area contributed by atoms with Crippen LogP contribution in [0.25, 0.3) is 11.0 Å². The number of carboxylic acids is 2. The lowest BCUT2D eigenvalue weighted by Gasteiger charge is -2.40. The number of benzene rings is 2. The molecule has 1 heterocycles. The molecule has 4 rings (SSSR count). The summed E-state index contributed by atoms with van der Waals surface area (Å²) in [6, 6.07) is 10.7. The highest BCUT2D eigenvalue weighted by Gasteiger charge is 2.35. The van der Waals surface area contributed by atoms with Gasteiger partial charge in [-0.1, -0.05) is 20.8 Å². The van der Waals surface area contributed by atoms with Gasteiger partial charge in [0, 0.05) is 24.2 Å². The van der Waals surface area contributed by atoms with E-state index in [2.05, 4.69) is 30.7 Å². The predicted octanol–water partition coefficient (Wildman–Crippen LogP) is 5.89. The summed E-state index contributed by atoms with van der Waals surface area (Å²) in [5.74, 6) is 0.0582. The van der Waals surface area contributed by atoms with Crippen molar-refractivity contribution in [2.75, 3.05) is 12.4 Å². The SMILES string of the molecule is COc1cc2c(cc1CCC(=O)O)nc(Nc1ccc(C(=O)O)cc1)n2[C@@H]1C[C@H](C)CC(C)(C)C1. The van der Waals surface area contributed by atoms with Crippen LogP contribution in [0.1, 0.15) is 68.4 Å². The second-order valence-electron chi connectivity index (χ2n) is 10.4. The molecule has 8 heteroatoms. The molecule has 0 spiro atoms. The third kappa shape index (κ3) is 5.42. The number of ether oxygens (including phenoxy) is 1. The Bertz CT molecular complexity index is 1250. The fourth-order valence-electron chi connectivity index (χ4n) is 5.57. The summed E-state index contributed by atoms with van der Waals surface area (Å²) in [5.41, 5.74) is 3.66. The highest BCUT2D eigenvalue weighted by molar-refractivity contribution is 5.88. The Kier molecular flexibility index (Phi) is 6.74. The van der Waals surface area contributed by atoms with E-state index < -0.39 is 11.9 Å². The van der Waals surface area contributed by atoms with Crippen molar-refractivity contribution in [3.05, 3.63) is 47.5 Å². The number of aromatic carboxylic acids is 1. The van der Waals surface area contributed by atoms with E-state index in [0.717, 1.165) is 41.5 Å². The van der Waals surface area contributed by atoms with Gasteiger partial charge in [0.15, 0.2) is 0 Å². The molecule has 1 aliphatic carbocycles. The summed E-state index contributed by atoms with van der Waals surface area (Å²) < 4.78 is 7.88. The Hall–Kier alpha value is -3.55. The van der Waals surface area contributed by atoms with Gasteiger partial charge in [0.1, 0.15) is 5.75 Å². The summed E-state index contributed by atoms with van der Waals surface area (Å²) in [5, 5.41) is 21.8. The number of hydrogen-bond donors (Lipinski definition) is 3. The first-order valence-corrected chi connectivity index (χ1v) is 12.0. The number of hydrogen-bond acceptors (Lipinski definition) is 5. The van der Waals surface area contributed by atoms with Gasteiger partial charge in [0.05, 0.1) is 23.7 Å². The van der Waals surface area contributed by atoms with Crippen molar-refractivity contribution in [2.24, 2.45) is 11.3 Å². The van der Waals surface area contributed by atoms with Crippen molar-refractivity contribution in [1.29, 1.82) is 0 Å². The highest BCUT2D eigenvalue weighted by atomic mass is 16.5. The van der Waals surface area contributed by atoms with E-state index >= 15 is 0 Å². The number of rotatable bonds is 8. The normalized spacial score (nSPS) is 19.4. The zero-order chi connectivity index (χ0) is 25.3. The molecule has 35 heavy (non-hydrogen) atoms. The number of carboxylic acid groups (broad SMARTS) is 2. The monoisotopic (exact) mass is 479 g/mol. The Labute approximate surface area is 204 Å². The lowest BCUT2D eigenvalue weighted by atomic mass is 9.70. The number of aromatic nitrogens is 2. The lowest BCUT2D eigenvalue weighted by Crippen LogP contribution is -2.29. The van der Waals surface area contributed by atoms with Crippen molar-refractivity contribution >= 4 is 34.6 Å². The van der Waals surface area contributed by atoms with Crippen LogP contribution in [0.2, 0.25) is 0 Å². The molecule has 1 aromatic heterocycles. The second-order valence-corrected chi connectivity index (χ2v) is 10.4. The molecule has 3 N–H and O–H groups in total. The smallest absolute Gasteiger partial charge is 0.335 e. The third-order valence-corrected chi connectivity index (χ3v) is 6.82. The molecule has 2 aromatic carbocycles. The fourth-order valence-corrected chi connectivity index (χ4v) is 5.57. The molecule has 0 amide bonds. The van der Waals surface area contributed by atoms with Gasteiger partial charge in [0.2, 0.25) is 5.95 Å². The topological polar surface area (TPSA) is 114 Å². The van der Waals surface area contributed by atoms with Crippen LogP contribution in [0.15, 0.2) is 36.4 Å². The van der Waals surface area contributed by atoms with Gasteiger partial charge < -0.3 is 24.8 Å². The van der Waals surface area contributed by atoms with Gasteiger partial charge in [-0.05, 0) is 72.9 Å². The largest absolute Gasteiger partial charge is 0.496 e. The number of imidazole rings is 1. The summed E-state index contributed by atoms with van der Waals surface area (Å²) in [6.07, 6.45) is 3.55. The molecule has 0 radical (unpaired) electrons. The Morgan fingerprint density at radius 2 is 1.89 bits per heavy atom. The molecule has 0 bridgehead atoms. The lowest BCUT2D eigenvalue weighted by molar-refractivity contribution is -0.136. The molecule has 1 aliphatic rings. The number of aliphatic carboxylic acids is 1. The van der Waals surface area contributed by atoms with Crippen LogP contribution < -0.4 is 10.1 Å². The van der Waals surface area contributed by atoms with Crippen LogP contribution in [0.3, 0.4) is 0 Å². The van der Waals surface area contributed by atoms with Crippen molar-refractivity contribution < 1.29 is 24.5 Å². The molecule has 2 atom stereocenters. The molecule has 0 saturated heterocycles. The maximum absolute atomic E-state index is 11.2. The van der Waals surface area contributed by atoms with Gasteiger partial charge in [-0.25, -0.2) is 9.78 Å². The van der Waals surface area contributed by atoms with E-state index in [9.17, 15) is 14.7 Å². The molecule has 186 valence electrons. The minimum Gasteiger partial charge on any atom is -0.496 e. The minimum absolute atomic E-state index is 0.0118. The average molecular weight is 480 g/mol. The summed E-state index contributed by atoms with van der Waals surface area (Å²) in [6.45, 7) is 6.89. The van der Waals surface area contributed by atoms with Crippen LogP contribution in [-0.4, -0.2) is 38.8 Å². The maximum Gasteiger partial charge on any atom is 0.335 e. The number of nitrogens with one attached hydrogen (secondary N) is 1. The van der Waals surface area contributed by atoms with Crippen LogP contribution in [0.5, 0.6) is 5.75 Å². The quantitative estimate of drug-likeness (QED) is 0.369. The van der Waals surface area contributed by atoms with Crippen molar-refractivity contribution in [2.45, 2.75) is 58.9 Å². The van der Waals surface area contributed by atoms with Gasteiger partial charge in [-0.3, -0.25) is 4.79 Å². The molecule has 1 saturated carbocycles. The summed E-state index contributed by atoms with van der Waals surface area (Å²) in [4.78, 5) is 27.3. The van der Waals surface area contributed by atoms with Crippen LogP contribution in [0.4, 0.5) is 11.6 Å². The standard InChI is InChI=1S/C27H33N3O5/c1-16-11-20(15-27(2,3)14-16)30-22-13-23(35-4)18(7-10-24(31)32)12-21(22)29-26(30)28-19-8-5-17(6-9-19)25(33)34/h5-6,8-9,12-13,16,20H,7,10-11,14-15H2,1-4H3,(H,28,29)(H,31,32)(H,33,34)/t16-,20+/m0/s1. The van der Waals surface area contributed by atoms with Crippen molar-refractivity contribution in [1.82, 2.24) is 9.55 Å². The number of fused-ring (bicyclic) bond motifs is 1. The third-order valence-electron chi connectivity index (χ3n) is 6.82. The van der Waals surface area contributed by atoms with Crippen molar-refractivity contribution in [3.8, 4) is 5.75 Å². The molecule has 0 aliphatic heterocycles. The van der Waals surface area contributed by atoms with E-state index in [4.69, 9.17) is 14.8 Å². The minimum atomic E-state index is -0.969. The Morgan fingerprint density at radius 1 is 1.17 bits per heavy atom. The summed E-state index contributed by atoms with van der Waals surface area (Å²) >= 11 is 0. The van der Waals surface area contributed by atoms with E-state index in [0.29, 0.717) is 24.0 Å². The molecule has 1 fully saturated rings. The van der Waals surface area contributed by atoms with Gasteiger partial charge in [0.25, 0.3) is 0 Å². The van der Waals surface area contributed by atoms with Crippen LogP contribution in [0, 0.1) is 11.3 Å². The number of anilines is 2. The Balaban J connectivity index is 1.81. The highest BCUT2D eigenvalue weighted by Crippen LogP contribution is 2.46. The Morgan fingerprint density at radius 3 is 2.49 bits per heavy atom. The van der Waals surface area contributed by atoms with E-state index in [1.54, 1.807) is 31.4 Å². The van der Waals surface area contributed by atoms with Gasteiger partial charge >= 0.3 is 11.9 Å². The van der Waals surface area contributed by atoms with Gasteiger partial charge in [-0.2, -0.15) is 0 Å². The molecule has 8 nitrogen and oxygen atoms in total.